The van der Waals surface area contributed by atoms with E-state index in [-0.39, 0.29) is 0 Å². The smallest absolute Gasteiger partial charge is 0.243 e. The standard InChI is InChI=1S/C14H23FN4O/c1-4-19(5-2)9-8-18-14(3,13(16)20)12-7-6-11(15)10-17-12/h6-7,10,18H,4-5,8-9H2,1-3H3,(H2,16,20). The van der Waals surface area contributed by atoms with Crippen LogP contribution in [0.4, 0.5) is 4.39 Å². The minimum atomic E-state index is -1.10. The predicted octanol–water partition coefficient (Wildman–Crippen LogP) is 0.853. The van der Waals surface area contributed by atoms with Crippen LogP contribution in [-0.2, 0) is 10.3 Å². The summed E-state index contributed by atoms with van der Waals surface area (Å²) in [7, 11) is 0. The van der Waals surface area contributed by atoms with E-state index >= 15 is 0 Å². The van der Waals surface area contributed by atoms with Gasteiger partial charge in [-0.3, -0.25) is 15.1 Å². The van der Waals surface area contributed by atoms with E-state index in [4.69, 9.17) is 5.73 Å². The first-order valence-electron chi connectivity index (χ1n) is 6.83. The third kappa shape index (κ3) is 3.98. The highest BCUT2D eigenvalue weighted by Gasteiger charge is 2.34. The van der Waals surface area contributed by atoms with E-state index in [1.807, 2.05) is 0 Å². The summed E-state index contributed by atoms with van der Waals surface area (Å²) < 4.78 is 12.9. The number of primary amides is 1. The second-order valence-corrected chi connectivity index (χ2v) is 4.80. The minimum Gasteiger partial charge on any atom is -0.368 e. The molecule has 1 atom stereocenters. The van der Waals surface area contributed by atoms with Gasteiger partial charge in [0.15, 0.2) is 0 Å². The summed E-state index contributed by atoms with van der Waals surface area (Å²) in [6, 6.07) is 2.75. The molecule has 5 nitrogen and oxygen atoms in total. The normalized spacial score (nSPS) is 14.2. The topological polar surface area (TPSA) is 71.2 Å². The number of nitrogens with zero attached hydrogens (tertiary/aromatic N) is 2. The fourth-order valence-corrected chi connectivity index (χ4v) is 1.98. The number of hydrogen-bond donors (Lipinski definition) is 2. The lowest BCUT2D eigenvalue weighted by atomic mass is 9.96. The molecule has 0 aliphatic carbocycles. The maximum Gasteiger partial charge on any atom is 0.243 e. The van der Waals surface area contributed by atoms with E-state index in [1.165, 1.54) is 12.1 Å². The van der Waals surface area contributed by atoms with E-state index < -0.39 is 17.3 Å². The average molecular weight is 282 g/mol. The molecule has 20 heavy (non-hydrogen) atoms. The number of aromatic nitrogens is 1. The van der Waals surface area contributed by atoms with Gasteiger partial charge in [0.05, 0.1) is 11.9 Å². The van der Waals surface area contributed by atoms with Crippen molar-refractivity contribution >= 4 is 5.91 Å². The minimum absolute atomic E-state index is 0.422. The number of likely N-dealkylation sites (N-methyl/N-ethyl adjacent to an activating group) is 1. The predicted molar refractivity (Wildman–Crippen MR) is 76.5 cm³/mol. The third-order valence-corrected chi connectivity index (χ3v) is 3.53. The first kappa shape index (κ1) is 16.5. The van der Waals surface area contributed by atoms with E-state index in [0.29, 0.717) is 12.2 Å². The molecule has 1 aromatic heterocycles. The van der Waals surface area contributed by atoms with Crippen molar-refractivity contribution in [2.75, 3.05) is 26.2 Å². The number of rotatable bonds is 8. The van der Waals surface area contributed by atoms with Crippen LogP contribution < -0.4 is 11.1 Å². The number of halogens is 1. The quantitative estimate of drug-likeness (QED) is 0.741. The number of carbonyl (C=O) groups is 1. The SMILES string of the molecule is CCN(CC)CCNC(C)(C(N)=O)c1ccc(F)cn1. The Kier molecular flexibility index (Phi) is 6.04. The van der Waals surface area contributed by atoms with Crippen LogP contribution in [0.1, 0.15) is 26.5 Å². The number of carbonyl (C=O) groups excluding carboxylic acids is 1. The van der Waals surface area contributed by atoms with Crippen LogP contribution >= 0.6 is 0 Å². The summed E-state index contributed by atoms with van der Waals surface area (Å²) in [6.45, 7) is 9.12. The van der Waals surface area contributed by atoms with Crippen molar-refractivity contribution in [2.45, 2.75) is 26.3 Å². The maximum atomic E-state index is 12.9. The molecular formula is C14H23FN4O. The molecule has 0 aliphatic rings. The lowest BCUT2D eigenvalue weighted by Gasteiger charge is -2.28. The molecule has 0 fully saturated rings. The van der Waals surface area contributed by atoms with Crippen molar-refractivity contribution in [1.29, 1.82) is 0 Å². The molecule has 0 radical (unpaired) electrons. The second kappa shape index (κ2) is 7.31. The molecule has 0 saturated heterocycles. The molecule has 0 spiro atoms. The summed E-state index contributed by atoms with van der Waals surface area (Å²) >= 11 is 0. The van der Waals surface area contributed by atoms with Gasteiger partial charge in [-0.05, 0) is 32.1 Å². The molecule has 1 aromatic rings. The van der Waals surface area contributed by atoms with Gasteiger partial charge in [-0.25, -0.2) is 4.39 Å². The number of nitrogens with one attached hydrogen (secondary N) is 1. The fraction of sp³-hybridized carbons (Fsp3) is 0.571. The Bertz CT molecular complexity index is 433. The van der Waals surface area contributed by atoms with Gasteiger partial charge in [0.2, 0.25) is 5.91 Å². The van der Waals surface area contributed by atoms with Crippen LogP contribution in [0, 0.1) is 5.82 Å². The first-order chi connectivity index (χ1) is 9.43. The summed E-state index contributed by atoms with van der Waals surface area (Å²) in [5.41, 5.74) is 4.80. The van der Waals surface area contributed by atoms with Gasteiger partial charge in [0, 0.05) is 13.1 Å². The van der Waals surface area contributed by atoms with Crippen LogP contribution in [0.15, 0.2) is 18.3 Å². The van der Waals surface area contributed by atoms with Crippen molar-refractivity contribution in [2.24, 2.45) is 5.73 Å². The Balaban J connectivity index is 2.77. The third-order valence-electron chi connectivity index (χ3n) is 3.53. The molecule has 1 amide bonds. The van der Waals surface area contributed by atoms with Crippen molar-refractivity contribution in [3.63, 3.8) is 0 Å². The van der Waals surface area contributed by atoms with Crippen LogP contribution in [0.3, 0.4) is 0 Å². The molecule has 0 saturated carbocycles. The summed E-state index contributed by atoms with van der Waals surface area (Å²) in [4.78, 5) is 17.9. The zero-order chi connectivity index (χ0) is 15.2. The molecule has 112 valence electrons. The molecule has 6 heteroatoms. The highest BCUT2D eigenvalue weighted by atomic mass is 19.1. The van der Waals surface area contributed by atoms with Gasteiger partial charge in [-0.15, -0.1) is 0 Å². The second-order valence-electron chi connectivity index (χ2n) is 4.80. The molecule has 0 bridgehead atoms. The Labute approximate surface area is 119 Å². The van der Waals surface area contributed by atoms with Gasteiger partial charge >= 0.3 is 0 Å². The molecular weight excluding hydrogens is 259 g/mol. The molecule has 1 unspecified atom stereocenters. The molecule has 3 N–H and O–H groups in total. The van der Waals surface area contributed by atoms with Crippen molar-refractivity contribution < 1.29 is 9.18 Å². The monoisotopic (exact) mass is 282 g/mol. The Morgan fingerprint density at radius 3 is 2.55 bits per heavy atom. The first-order valence-corrected chi connectivity index (χ1v) is 6.83. The fourth-order valence-electron chi connectivity index (χ4n) is 1.98. The van der Waals surface area contributed by atoms with Gasteiger partial charge in [-0.1, -0.05) is 13.8 Å². The lowest BCUT2D eigenvalue weighted by Crippen LogP contribution is -2.52. The highest BCUT2D eigenvalue weighted by molar-refractivity contribution is 5.85. The molecule has 0 aliphatic heterocycles. The zero-order valence-corrected chi connectivity index (χ0v) is 12.3. The van der Waals surface area contributed by atoms with Crippen molar-refractivity contribution in [3.05, 3.63) is 29.8 Å². The van der Waals surface area contributed by atoms with Crippen molar-refractivity contribution in [1.82, 2.24) is 15.2 Å². The van der Waals surface area contributed by atoms with Gasteiger partial charge in [0.1, 0.15) is 11.4 Å². The molecule has 0 aromatic carbocycles. The summed E-state index contributed by atoms with van der Waals surface area (Å²) in [5, 5.41) is 3.13. The largest absolute Gasteiger partial charge is 0.368 e. The highest BCUT2D eigenvalue weighted by Crippen LogP contribution is 2.18. The van der Waals surface area contributed by atoms with Crippen LogP contribution in [-0.4, -0.2) is 42.0 Å². The van der Waals surface area contributed by atoms with Crippen molar-refractivity contribution in [3.8, 4) is 0 Å². The molecule has 1 rings (SSSR count). The number of pyridine rings is 1. The van der Waals surface area contributed by atoms with Gasteiger partial charge < -0.3 is 10.6 Å². The van der Waals surface area contributed by atoms with E-state index in [9.17, 15) is 9.18 Å². The van der Waals surface area contributed by atoms with E-state index in [1.54, 1.807) is 6.92 Å². The van der Waals surface area contributed by atoms with E-state index in [0.717, 1.165) is 25.8 Å². The summed E-state index contributed by atoms with van der Waals surface area (Å²) in [6.07, 6.45) is 1.09. The molecule has 1 heterocycles. The maximum absolute atomic E-state index is 12.9. The number of hydrogen-bond acceptors (Lipinski definition) is 4. The average Bonchev–Trinajstić information content (AvgIpc) is 2.44. The zero-order valence-electron chi connectivity index (χ0n) is 12.3. The van der Waals surface area contributed by atoms with Crippen LogP contribution in [0.2, 0.25) is 0 Å². The lowest BCUT2D eigenvalue weighted by molar-refractivity contribution is -0.124. The van der Waals surface area contributed by atoms with Crippen LogP contribution in [0.25, 0.3) is 0 Å². The van der Waals surface area contributed by atoms with Crippen LogP contribution in [0.5, 0.6) is 0 Å². The Morgan fingerprint density at radius 1 is 1.45 bits per heavy atom. The Morgan fingerprint density at radius 2 is 2.10 bits per heavy atom. The van der Waals surface area contributed by atoms with E-state index in [2.05, 4.69) is 29.0 Å². The Hall–Kier alpha value is -1.53. The summed E-state index contributed by atoms with van der Waals surface area (Å²) in [5.74, 6) is -0.972. The van der Waals surface area contributed by atoms with Gasteiger partial charge in [-0.2, -0.15) is 0 Å². The number of nitrogens with two attached hydrogens (primary N) is 1. The van der Waals surface area contributed by atoms with Gasteiger partial charge in [0.25, 0.3) is 0 Å². The number of amides is 1.